The van der Waals surface area contributed by atoms with Crippen molar-refractivity contribution >= 4 is 0 Å². The summed E-state index contributed by atoms with van der Waals surface area (Å²) < 4.78 is 7.92. The van der Waals surface area contributed by atoms with Crippen LogP contribution in [0.2, 0.25) is 0 Å². The van der Waals surface area contributed by atoms with Gasteiger partial charge < -0.3 is 10.1 Å². The predicted molar refractivity (Wildman–Crippen MR) is 94.8 cm³/mol. The lowest BCUT2D eigenvalue weighted by molar-refractivity contribution is 0.0833. The highest BCUT2D eigenvalue weighted by molar-refractivity contribution is 5.30. The van der Waals surface area contributed by atoms with Crippen LogP contribution in [0.3, 0.4) is 0 Å². The van der Waals surface area contributed by atoms with Crippen LogP contribution in [0.15, 0.2) is 36.5 Å². The molecule has 2 heterocycles. The predicted octanol–water partition coefficient (Wildman–Crippen LogP) is 3.73. The summed E-state index contributed by atoms with van der Waals surface area (Å²) in [4.78, 5) is 0. The highest BCUT2D eigenvalue weighted by Crippen LogP contribution is 2.40. The van der Waals surface area contributed by atoms with Crippen LogP contribution in [0.4, 0.5) is 0 Å². The van der Waals surface area contributed by atoms with Gasteiger partial charge in [-0.25, -0.2) is 0 Å². The van der Waals surface area contributed by atoms with Crippen LogP contribution < -0.4 is 5.32 Å². The Morgan fingerprint density at radius 2 is 2.17 bits per heavy atom. The van der Waals surface area contributed by atoms with Crippen LogP contribution in [0.5, 0.6) is 0 Å². The molecule has 1 unspecified atom stereocenters. The summed E-state index contributed by atoms with van der Waals surface area (Å²) in [5.74, 6) is 1.32. The number of hydrogen-bond acceptors (Lipinski definition) is 3. The summed E-state index contributed by atoms with van der Waals surface area (Å²) in [5, 5.41) is 8.02. The molecule has 3 atom stereocenters. The number of rotatable bonds is 6. The summed E-state index contributed by atoms with van der Waals surface area (Å²) in [6.45, 7) is 4.08. The summed E-state index contributed by atoms with van der Waals surface area (Å²) in [6.07, 6.45) is 5.84. The molecule has 24 heavy (non-hydrogen) atoms. The average molecular weight is 325 g/mol. The third kappa shape index (κ3) is 3.26. The number of aryl methyl sites for hydroxylation is 1. The van der Waals surface area contributed by atoms with Crippen molar-refractivity contribution in [2.24, 2.45) is 13.0 Å². The molecule has 2 aliphatic rings. The Labute approximate surface area is 144 Å². The first-order chi connectivity index (χ1) is 11.7. The second-order valence-electron chi connectivity index (χ2n) is 7.29. The van der Waals surface area contributed by atoms with Crippen LogP contribution in [-0.4, -0.2) is 22.9 Å². The third-order valence-corrected chi connectivity index (χ3v) is 5.51. The molecule has 1 aliphatic carbocycles. The van der Waals surface area contributed by atoms with E-state index in [2.05, 4.69) is 47.7 Å². The SMILES string of the molecule is CC(NC[C@@H]1CCO[C@H]1c1ccnn1C)c1cccc(C2CC2)c1. The largest absolute Gasteiger partial charge is 0.372 e. The van der Waals surface area contributed by atoms with E-state index in [4.69, 9.17) is 4.74 Å². The number of nitrogens with zero attached hydrogens (tertiary/aromatic N) is 2. The fourth-order valence-electron chi connectivity index (χ4n) is 3.78. The molecule has 0 radical (unpaired) electrons. The zero-order chi connectivity index (χ0) is 16.5. The molecule has 1 aromatic heterocycles. The number of nitrogens with one attached hydrogen (secondary N) is 1. The van der Waals surface area contributed by atoms with E-state index in [0.29, 0.717) is 12.0 Å². The molecule has 1 aromatic carbocycles. The minimum absolute atomic E-state index is 0.162. The minimum Gasteiger partial charge on any atom is -0.372 e. The molecule has 4 rings (SSSR count). The van der Waals surface area contributed by atoms with Gasteiger partial charge in [0.25, 0.3) is 0 Å². The van der Waals surface area contributed by atoms with Crippen molar-refractivity contribution in [3.63, 3.8) is 0 Å². The fraction of sp³-hybridized carbons (Fsp3) is 0.550. The lowest BCUT2D eigenvalue weighted by Crippen LogP contribution is -2.28. The average Bonchev–Trinajstić information content (AvgIpc) is 3.21. The van der Waals surface area contributed by atoms with Crippen LogP contribution in [-0.2, 0) is 11.8 Å². The number of hydrogen-bond donors (Lipinski definition) is 1. The molecule has 1 aliphatic heterocycles. The Morgan fingerprint density at radius 3 is 2.92 bits per heavy atom. The number of benzene rings is 1. The Hall–Kier alpha value is -1.65. The maximum Gasteiger partial charge on any atom is 0.103 e. The van der Waals surface area contributed by atoms with Gasteiger partial charge in [0.2, 0.25) is 0 Å². The standard InChI is InChI=1S/C20H27N3O/c1-14(16-4-3-5-17(12-16)15-6-7-15)21-13-18-9-11-24-20(18)19-8-10-22-23(19)2/h3-5,8,10,12,14-15,18,20-21H,6-7,9,11,13H2,1-2H3/t14?,18-,20+/m0/s1. The van der Waals surface area contributed by atoms with Gasteiger partial charge in [-0.05, 0) is 49.3 Å². The smallest absolute Gasteiger partial charge is 0.103 e. The van der Waals surface area contributed by atoms with E-state index in [1.165, 1.54) is 29.7 Å². The molecule has 0 amide bonds. The van der Waals surface area contributed by atoms with Gasteiger partial charge in [0, 0.05) is 38.4 Å². The summed E-state index contributed by atoms with van der Waals surface area (Å²) in [5.41, 5.74) is 4.09. The van der Waals surface area contributed by atoms with Gasteiger partial charge in [0.1, 0.15) is 6.10 Å². The maximum absolute atomic E-state index is 5.99. The van der Waals surface area contributed by atoms with Crippen LogP contribution in [0.25, 0.3) is 0 Å². The Balaban J connectivity index is 1.39. The molecule has 4 nitrogen and oxygen atoms in total. The van der Waals surface area contributed by atoms with Gasteiger partial charge in [0.15, 0.2) is 0 Å². The van der Waals surface area contributed by atoms with Crippen molar-refractivity contribution in [1.82, 2.24) is 15.1 Å². The lowest BCUT2D eigenvalue weighted by Gasteiger charge is -2.22. The van der Waals surface area contributed by atoms with E-state index in [0.717, 1.165) is 25.5 Å². The van der Waals surface area contributed by atoms with Gasteiger partial charge in [-0.15, -0.1) is 0 Å². The van der Waals surface area contributed by atoms with E-state index >= 15 is 0 Å². The highest BCUT2D eigenvalue weighted by atomic mass is 16.5. The zero-order valence-electron chi connectivity index (χ0n) is 14.6. The first-order valence-electron chi connectivity index (χ1n) is 9.15. The maximum atomic E-state index is 5.99. The molecular formula is C20H27N3O. The molecular weight excluding hydrogens is 298 g/mol. The van der Waals surface area contributed by atoms with E-state index in [-0.39, 0.29) is 6.10 Å². The van der Waals surface area contributed by atoms with Crippen molar-refractivity contribution in [1.29, 1.82) is 0 Å². The summed E-state index contributed by atoms with van der Waals surface area (Å²) in [7, 11) is 1.99. The van der Waals surface area contributed by atoms with E-state index in [1.807, 2.05) is 17.9 Å². The zero-order valence-corrected chi connectivity index (χ0v) is 14.6. The van der Waals surface area contributed by atoms with Crippen molar-refractivity contribution in [2.75, 3.05) is 13.2 Å². The summed E-state index contributed by atoms with van der Waals surface area (Å²) in [6, 6.07) is 11.6. The Morgan fingerprint density at radius 1 is 1.29 bits per heavy atom. The van der Waals surface area contributed by atoms with Gasteiger partial charge in [-0.3, -0.25) is 4.68 Å². The van der Waals surface area contributed by atoms with E-state index in [1.54, 1.807) is 0 Å². The molecule has 0 bridgehead atoms. The van der Waals surface area contributed by atoms with Gasteiger partial charge in [-0.2, -0.15) is 5.10 Å². The van der Waals surface area contributed by atoms with Gasteiger partial charge in [-0.1, -0.05) is 24.3 Å². The molecule has 128 valence electrons. The normalized spacial score (nSPS) is 25.1. The fourth-order valence-corrected chi connectivity index (χ4v) is 3.78. The first-order valence-corrected chi connectivity index (χ1v) is 9.15. The van der Waals surface area contributed by atoms with Crippen LogP contribution in [0.1, 0.15) is 61.1 Å². The second kappa shape index (κ2) is 6.69. The quantitative estimate of drug-likeness (QED) is 0.879. The second-order valence-corrected chi connectivity index (χ2v) is 7.29. The van der Waals surface area contributed by atoms with Crippen molar-refractivity contribution in [3.05, 3.63) is 53.3 Å². The van der Waals surface area contributed by atoms with Crippen molar-refractivity contribution in [3.8, 4) is 0 Å². The molecule has 2 aromatic rings. The van der Waals surface area contributed by atoms with E-state index in [9.17, 15) is 0 Å². The van der Waals surface area contributed by atoms with Gasteiger partial charge >= 0.3 is 0 Å². The van der Waals surface area contributed by atoms with E-state index < -0.39 is 0 Å². The molecule has 2 fully saturated rings. The third-order valence-electron chi connectivity index (χ3n) is 5.51. The monoisotopic (exact) mass is 325 g/mol. The highest BCUT2D eigenvalue weighted by Gasteiger charge is 2.31. The molecule has 1 N–H and O–H groups in total. The minimum atomic E-state index is 0.162. The number of ether oxygens (including phenoxy) is 1. The van der Waals surface area contributed by atoms with Crippen molar-refractivity contribution in [2.45, 2.75) is 44.2 Å². The van der Waals surface area contributed by atoms with Crippen LogP contribution >= 0.6 is 0 Å². The Kier molecular flexibility index (Phi) is 4.42. The first kappa shape index (κ1) is 15.9. The molecule has 4 heteroatoms. The number of aromatic nitrogens is 2. The Bertz CT molecular complexity index is 692. The lowest BCUT2D eigenvalue weighted by atomic mass is 9.97. The van der Waals surface area contributed by atoms with Crippen LogP contribution in [0, 0.1) is 5.92 Å². The molecule has 1 saturated carbocycles. The molecule has 0 spiro atoms. The topological polar surface area (TPSA) is 39.1 Å². The van der Waals surface area contributed by atoms with Gasteiger partial charge in [0.05, 0.1) is 5.69 Å². The summed E-state index contributed by atoms with van der Waals surface area (Å²) >= 11 is 0. The molecule has 1 saturated heterocycles. The van der Waals surface area contributed by atoms with Crippen molar-refractivity contribution < 1.29 is 4.74 Å².